The molecule has 0 atom stereocenters. The largest absolute Gasteiger partial charge is 0.377 e. The summed E-state index contributed by atoms with van der Waals surface area (Å²) >= 11 is 0. The number of aryl methyl sites for hydroxylation is 1. The fourth-order valence-corrected chi connectivity index (χ4v) is 4.32. The molecule has 2 heterocycles. The summed E-state index contributed by atoms with van der Waals surface area (Å²) in [5.74, 6) is 0. The SMILES string of the molecule is CCc1c(N(C)C)ccc2[nH]c3cc4c(=O)c5ccccc5[nH]c4cc3c(=O)c12. The summed E-state index contributed by atoms with van der Waals surface area (Å²) in [5.41, 5.74) is 4.95. The van der Waals surface area contributed by atoms with Gasteiger partial charge in [0.15, 0.2) is 10.9 Å². The highest BCUT2D eigenvalue weighted by molar-refractivity contribution is 6.03. The number of aromatic nitrogens is 2. The van der Waals surface area contributed by atoms with Gasteiger partial charge in [-0.1, -0.05) is 19.1 Å². The van der Waals surface area contributed by atoms with Crippen molar-refractivity contribution < 1.29 is 0 Å². The highest BCUT2D eigenvalue weighted by Crippen LogP contribution is 2.28. The van der Waals surface area contributed by atoms with Crippen LogP contribution in [0.4, 0.5) is 5.69 Å². The van der Waals surface area contributed by atoms with E-state index in [4.69, 9.17) is 0 Å². The van der Waals surface area contributed by atoms with Gasteiger partial charge in [0.25, 0.3) is 0 Å². The van der Waals surface area contributed by atoms with Gasteiger partial charge in [-0.15, -0.1) is 0 Å². The second kappa shape index (κ2) is 6.21. The van der Waals surface area contributed by atoms with Crippen LogP contribution in [0.5, 0.6) is 0 Å². The normalized spacial score (nSPS) is 11.7. The van der Waals surface area contributed by atoms with Crippen molar-refractivity contribution in [1.29, 1.82) is 0 Å². The molecule has 0 aliphatic rings. The first-order valence-corrected chi connectivity index (χ1v) is 9.73. The molecular formula is C24H21N3O2. The maximum Gasteiger partial charge on any atom is 0.197 e. The zero-order valence-electron chi connectivity index (χ0n) is 16.6. The Bertz CT molecular complexity index is 1560. The minimum atomic E-state index is -0.0330. The van der Waals surface area contributed by atoms with Crippen LogP contribution in [0.1, 0.15) is 12.5 Å². The van der Waals surface area contributed by atoms with Gasteiger partial charge >= 0.3 is 0 Å². The molecule has 2 N–H and O–H groups in total. The lowest BCUT2D eigenvalue weighted by Crippen LogP contribution is -2.15. The van der Waals surface area contributed by atoms with E-state index >= 15 is 0 Å². The number of nitrogens with zero attached hydrogens (tertiary/aromatic N) is 1. The second-order valence-electron chi connectivity index (χ2n) is 7.63. The molecule has 144 valence electrons. The maximum absolute atomic E-state index is 13.5. The summed E-state index contributed by atoms with van der Waals surface area (Å²) in [7, 11) is 3.97. The number of rotatable bonds is 2. The summed E-state index contributed by atoms with van der Waals surface area (Å²) in [4.78, 5) is 35.2. The Morgan fingerprint density at radius 1 is 0.759 bits per heavy atom. The fraction of sp³-hybridized carbons (Fsp3) is 0.167. The predicted molar refractivity (Wildman–Crippen MR) is 121 cm³/mol. The van der Waals surface area contributed by atoms with Crippen LogP contribution in [0.25, 0.3) is 43.6 Å². The van der Waals surface area contributed by atoms with Crippen LogP contribution in [0.2, 0.25) is 0 Å². The maximum atomic E-state index is 13.5. The molecule has 29 heavy (non-hydrogen) atoms. The van der Waals surface area contributed by atoms with Crippen molar-refractivity contribution in [3.05, 3.63) is 74.5 Å². The van der Waals surface area contributed by atoms with Crippen molar-refractivity contribution in [2.75, 3.05) is 19.0 Å². The zero-order valence-corrected chi connectivity index (χ0v) is 16.6. The average Bonchev–Trinajstić information content (AvgIpc) is 2.72. The molecule has 0 aliphatic carbocycles. The van der Waals surface area contributed by atoms with Crippen molar-refractivity contribution in [1.82, 2.24) is 9.97 Å². The molecule has 0 aliphatic heterocycles. The van der Waals surface area contributed by atoms with E-state index in [-0.39, 0.29) is 10.9 Å². The van der Waals surface area contributed by atoms with Crippen molar-refractivity contribution in [3.8, 4) is 0 Å². The lowest BCUT2D eigenvalue weighted by molar-refractivity contribution is 1.07. The number of hydrogen-bond donors (Lipinski definition) is 2. The van der Waals surface area contributed by atoms with Crippen LogP contribution in [-0.2, 0) is 6.42 Å². The fourth-order valence-electron chi connectivity index (χ4n) is 4.32. The zero-order chi connectivity index (χ0) is 20.3. The Kier molecular flexibility index (Phi) is 3.74. The van der Waals surface area contributed by atoms with Crippen LogP contribution in [-0.4, -0.2) is 24.1 Å². The number of H-pyrrole nitrogens is 2. The standard InChI is InChI=1S/C24H21N3O2/c1-4-13-21(27(2)3)10-9-18-22(13)24(29)16-12-19-15(11-20(16)26-18)23(28)14-7-5-6-8-17(14)25-19/h5-12H,4H2,1-3H3,(H,25,28)(H,26,29). The quantitative estimate of drug-likeness (QED) is 0.447. The number of hydrogen-bond acceptors (Lipinski definition) is 3. The number of fused-ring (bicyclic) bond motifs is 4. The number of aromatic amines is 2. The first-order chi connectivity index (χ1) is 14.0. The summed E-state index contributed by atoms with van der Waals surface area (Å²) in [5, 5.41) is 2.52. The first kappa shape index (κ1) is 17.5. The second-order valence-corrected chi connectivity index (χ2v) is 7.63. The van der Waals surface area contributed by atoms with Gasteiger partial charge in [0.1, 0.15) is 0 Å². The number of pyridine rings is 2. The molecule has 5 rings (SSSR count). The molecule has 5 aromatic rings. The minimum absolute atomic E-state index is 0.00907. The molecule has 5 nitrogen and oxygen atoms in total. The summed E-state index contributed by atoms with van der Waals surface area (Å²) < 4.78 is 0. The van der Waals surface area contributed by atoms with Gasteiger partial charge in [-0.05, 0) is 48.4 Å². The number of para-hydroxylation sites is 1. The molecule has 0 bridgehead atoms. The molecule has 0 saturated carbocycles. The van der Waals surface area contributed by atoms with E-state index in [0.29, 0.717) is 32.6 Å². The third-order valence-electron chi connectivity index (χ3n) is 5.71. The van der Waals surface area contributed by atoms with Crippen LogP contribution in [0.15, 0.2) is 58.1 Å². The molecule has 0 saturated heterocycles. The Labute approximate surface area is 166 Å². The Morgan fingerprint density at radius 3 is 2.10 bits per heavy atom. The van der Waals surface area contributed by atoms with Gasteiger partial charge in [0, 0.05) is 41.5 Å². The first-order valence-electron chi connectivity index (χ1n) is 9.73. The van der Waals surface area contributed by atoms with E-state index in [1.165, 1.54) is 0 Å². The molecule has 0 amide bonds. The number of anilines is 1. The van der Waals surface area contributed by atoms with Gasteiger partial charge < -0.3 is 14.9 Å². The molecule has 0 radical (unpaired) electrons. The van der Waals surface area contributed by atoms with Gasteiger partial charge in [-0.2, -0.15) is 0 Å². The van der Waals surface area contributed by atoms with Crippen molar-refractivity contribution in [2.45, 2.75) is 13.3 Å². The Balaban J connectivity index is 1.97. The Hall–Kier alpha value is -3.60. The average molecular weight is 383 g/mol. The van der Waals surface area contributed by atoms with Gasteiger partial charge in [0.2, 0.25) is 0 Å². The summed E-state index contributed by atoms with van der Waals surface area (Å²) in [6, 6.07) is 15.0. The highest BCUT2D eigenvalue weighted by Gasteiger charge is 2.15. The number of nitrogens with one attached hydrogen (secondary N) is 2. The lowest BCUT2D eigenvalue weighted by atomic mass is 9.99. The summed E-state index contributed by atoms with van der Waals surface area (Å²) in [6.45, 7) is 2.06. The topological polar surface area (TPSA) is 69.0 Å². The van der Waals surface area contributed by atoms with Crippen LogP contribution in [0.3, 0.4) is 0 Å². The van der Waals surface area contributed by atoms with Gasteiger partial charge in [0.05, 0.1) is 21.9 Å². The number of benzene rings is 3. The Morgan fingerprint density at radius 2 is 1.41 bits per heavy atom. The predicted octanol–water partition coefficient (Wildman–Crippen LogP) is 4.30. The van der Waals surface area contributed by atoms with E-state index < -0.39 is 0 Å². The molecule has 3 aromatic carbocycles. The van der Waals surface area contributed by atoms with E-state index in [9.17, 15) is 9.59 Å². The van der Waals surface area contributed by atoms with Crippen LogP contribution in [0, 0.1) is 0 Å². The minimum Gasteiger partial charge on any atom is -0.377 e. The van der Waals surface area contributed by atoms with E-state index in [0.717, 1.165) is 28.7 Å². The monoisotopic (exact) mass is 383 g/mol. The molecular weight excluding hydrogens is 362 g/mol. The van der Waals surface area contributed by atoms with Crippen LogP contribution < -0.4 is 15.8 Å². The van der Waals surface area contributed by atoms with E-state index in [2.05, 4.69) is 16.9 Å². The summed E-state index contributed by atoms with van der Waals surface area (Å²) in [6.07, 6.45) is 0.758. The lowest BCUT2D eigenvalue weighted by Gasteiger charge is -2.18. The van der Waals surface area contributed by atoms with Crippen molar-refractivity contribution >= 4 is 49.3 Å². The van der Waals surface area contributed by atoms with Gasteiger partial charge in [-0.25, -0.2) is 0 Å². The smallest absolute Gasteiger partial charge is 0.197 e. The van der Waals surface area contributed by atoms with Crippen molar-refractivity contribution in [3.63, 3.8) is 0 Å². The van der Waals surface area contributed by atoms with Crippen LogP contribution >= 0.6 is 0 Å². The third-order valence-corrected chi connectivity index (χ3v) is 5.71. The van der Waals surface area contributed by atoms with Crippen molar-refractivity contribution in [2.24, 2.45) is 0 Å². The molecule has 5 heteroatoms. The van der Waals surface area contributed by atoms with E-state index in [1.807, 2.05) is 55.4 Å². The molecule has 0 fully saturated rings. The van der Waals surface area contributed by atoms with Gasteiger partial charge in [-0.3, -0.25) is 9.59 Å². The molecule has 2 aromatic heterocycles. The molecule has 0 spiro atoms. The highest BCUT2D eigenvalue weighted by atomic mass is 16.1. The molecule has 0 unspecified atom stereocenters. The van der Waals surface area contributed by atoms with E-state index in [1.54, 1.807) is 12.1 Å². The third kappa shape index (κ3) is 2.47.